The first-order chi connectivity index (χ1) is 13.7. The number of aromatic nitrogens is 2. The Bertz CT molecular complexity index is 877. The van der Waals surface area contributed by atoms with Crippen LogP contribution < -0.4 is 0 Å². The Morgan fingerprint density at radius 3 is 2.00 bits per heavy atom. The van der Waals surface area contributed by atoms with Crippen LogP contribution in [0.25, 0.3) is 22.5 Å². The maximum atomic E-state index is 13.1. The molecule has 1 saturated carbocycles. The van der Waals surface area contributed by atoms with Crippen molar-refractivity contribution >= 4 is 0 Å². The normalized spacial score (nSPS) is 19.5. The van der Waals surface area contributed by atoms with Gasteiger partial charge in [0.2, 0.25) is 0 Å². The Morgan fingerprint density at radius 2 is 1.39 bits per heavy atom. The highest BCUT2D eigenvalue weighted by Crippen LogP contribution is 2.38. The quantitative estimate of drug-likeness (QED) is 0.479. The van der Waals surface area contributed by atoms with E-state index in [4.69, 9.17) is 0 Å². The highest BCUT2D eigenvalue weighted by atomic mass is 19.1. The lowest BCUT2D eigenvalue weighted by Gasteiger charge is -2.28. The first-order valence-electron chi connectivity index (χ1n) is 10.4. The molecule has 1 fully saturated rings. The van der Waals surface area contributed by atoms with Gasteiger partial charge < -0.3 is 0 Å². The zero-order chi connectivity index (χ0) is 19.3. The predicted molar refractivity (Wildman–Crippen MR) is 112 cm³/mol. The molecule has 0 unspecified atom stereocenters. The van der Waals surface area contributed by atoms with Gasteiger partial charge in [-0.1, -0.05) is 44.0 Å². The van der Waals surface area contributed by atoms with Crippen LogP contribution in [0.1, 0.15) is 56.9 Å². The van der Waals surface area contributed by atoms with Crippen molar-refractivity contribution in [3.05, 3.63) is 72.3 Å². The van der Waals surface area contributed by atoms with E-state index in [1.807, 2.05) is 12.4 Å². The van der Waals surface area contributed by atoms with Crippen molar-refractivity contribution in [3.8, 4) is 22.5 Å². The van der Waals surface area contributed by atoms with E-state index in [-0.39, 0.29) is 5.82 Å². The lowest BCUT2D eigenvalue weighted by Crippen LogP contribution is -2.13. The van der Waals surface area contributed by atoms with Crippen molar-refractivity contribution in [1.29, 1.82) is 0 Å². The second-order valence-corrected chi connectivity index (χ2v) is 7.93. The standard InChI is InChI=1S/C25H27FN2/c1-2-3-18-4-6-19(7-5-18)20-8-10-21(11-9-20)23-16-27-25(28-17-23)22-12-14-24(26)15-13-22/h8-19H,2-7H2,1H3. The summed E-state index contributed by atoms with van der Waals surface area (Å²) in [4.78, 5) is 8.92. The highest BCUT2D eigenvalue weighted by Gasteiger charge is 2.21. The molecule has 0 amide bonds. The smallest absolute Gasteiger partial charge is 0.159 e. The minimum atomic E-state index is -0.251. The fourth-order valence-electron chi connectivity index (χ4n) is 4.37. The van der Waals surface area contributed by atoms with Crippen molar-refractivity contribution in [2.75, 3.05) is 0 Å². The SMILES string of the molecule is CCCC1CCC(c2ccc(-c3cnc(-c4ccc(F)cc4)nc3)cc2)CC1. The maximum Gasteiger partial charge on any atom is 0.159 e. The van der Waals surface area contributed by atoms with E-state index in [2.05, 4.69) is 41.2 Å². The van der Waals surface area contributed by atoms with E-state index >= 15 is 0 Å². The number of benzene rings is 2. The summed E-state index contributed by atoms with van der Waals surface area (Å²) in [5, 5.41) is 0. The molecule has 3 heteroatoms. The third-order valence-corrected chi connectivity index (χ3v) is 6.01. The van der Waals surface area contributed by atoms with Gasteiger partial charge in [0.15, 0.2) is 5.82 Å². The van der Waals surface area contributed by atoms with Gasteiger partial charge in [-0.25, -0.2) is 14.4 Å². The summed E-state index contributed by atoms with van der Waals surface area (Å²) in [7, 11) is 0. The Morgan fingerprint density at radius 1 is 0.786 bits per heavy atom. The van der Waals surface area contributed by atoms with E-state index < -0.39 is 0 Å². The summed E-state index contributed by atoms with van der Waals surface area (Å²) >= 11 is 0. The van der Waals surface area contributed by atoms with Crippen LogP contribution in [0.2, 0.25) is 0 Å². The number of halogens is 1. The summed E-state index contributed by atoms with van der Waals surface area (Å²) in [6, 6.07) is 15.2. The Kier molecular flexibility index (Phi) is 5.80. The van der Waals surface area contributed by atoms with Gasteiger partial charge >= 0.3 is 0 Å². The van der Waals surface area contributed by atoms with Crippen LogP contribution in [0.3, 0.4) is 0 Å². The van der Waals surface area contributed by atoms with Gasteiger partial charge in [0.1, 0.15) is 5.82 Å². The van der Waals surface area contributed by atoms with E-state index in [0.29, 0.717) is 11.7 Å². The molecule has 2 aromatic carbocycles. The molecular weight excluding hydrogens is 347 g/mol. The highest BCUT2D eigenvalue weighted by molar-refractivity contribution is 5.64. The van der Waals surface area contributed by atoms with Crippen molar-refractivity contribution in [2.24, 2.45) is 5.92 Å². The molecule has 0 bridgehead atoms. The van der Waals surface area contributed by atoms with Crippen LogP contribution >= 0.6 is 0 Å². The van der Waals surface area contributed by atoms with Crippen LogP contribution in [0.4, 0.5) is 4.39 Å². The van der Waals surface area contributed by atoms with Gasteiger partial charge in [-0.2, -0.15) is 0 Å². The van der Waals surface area contributed by atoms with E-state index in [1.54, 1.807) is 12.1 Å². The lowest BCUT2D eigenvalue weighted by molar-refractivity contribution is 0.308. The predicted octanol–water partition coefficient (Wildman–Crippen LogP) is 7.02. The zero-order valence-electron chi connectivity index (χ0n) is 16.4. The fourth-order valence-corrected chi connectivity index (χ4v) is 4.37. The first kappa shape index (κ1) is 18.8. The summed E-state index contributed by atoms with van der Waals surface area (Å²) in [6.45, 7) is 2.29. The fraction of sp³-hybridized carbons (Fsp3) is 0.360. The molecule has 1 heterocycles. The monoisotopic (exact) mass is 374 g/mol. The topological polar surface area (TPSA) is 25.8 Å². The third kappa shape index (κ3) is 4.30. The second kappa shape index (κ2) is 8.64. The Hall–Kier alpha value is -2.55. The summed E-state index contributed by atoms with van der Waals surface area (Å²) in [5.41, 5.74) is 4.42. The van der Waals surface area contributed by atoms with Crippen molar-refractivity contribution in [3.63, 3.8) is 0 Å². The number of hydrogen-bond acceptors (Lipinski definition) is 2. The molecule has 28 heavy (non-hydrogen) atoms. The van der Waals surface area contributed by atoms with Crippen molar-refractivity contribution in [2.45, 2.75) is 51.4 Å². The number of hydrogen-bond donors (Lipinski definition) is 0. The molecule has 0 N–H and O–H groups in total. The van der Waals surface area contributed by atoms with E-state index in [1.165, 1.54) is 56.2 Å². The summed E-state index contributed by atoms with van der Waals surface area (Å²) in [5.74, 6) is 2.01. The lowest BCUT2D eigenvalue weighted by atomic mass is 9.77. The zero-order valence-corrected chi connectivity index (χ0v) is 16.4. The van der Waals surface area contributed by atoms with Gasteiger partial charge in [-0.05, 0) is 72.9 Å². The molecule has 0 saturated heterocycles. The Labute approximate surface area is 166 Å². The van der Waals surface area contributed by atoms with Crippen molar-refractivity contribution < 1.29 is 4.39 Å². The van der Waals surface area contributed by atoms with Crippen LogP contribution in [0.5, 0.6) is 0 Å². The van der Waals surface area contributed by atoms with Gasteiger partial charge in [0, 0.05) is 23.5 Å². The average Bonchev–Trinajstić information content (AvgIpc) is 2.75. The van der Waals surface area contributed by atoms with Gasteiger partial charge in [-0.15, -0.1) is 0 Å². The maximum absolute atomic E-state index is 13.1. The minimum Gasteiger partial charge on any atom is -0.236 e. The number of nitrogens with zero attached hydrogens (tertiary/aromatic N) is 2. The van der Waals surface area contributed by atoms with Crippen LogP contribution in [-0.4, -0.2) is 9.97 Å². The molecule has 3 aromatic rings. The molecule has 0 atom stereocenters. The van der Waals surface area contributed by atoms with Gasteiger partial charge in [-0.3, -0.25) is 0 Å². The molecule has 4 rings (SSSR count). The molecule has 144 valence electrons. The van der Waals surface area contributed by atoms with Crippen LogP contribution in [0.15, 0.2) is 60.9 Å². The summed E-state index contributed by atoms with van der Waals surface area (Å²) < 4.78 is 13.1. The average molecular weight is 375 g/mol. The van der Waals surface area contributed by atoms with Gasteiger partial charge in [0.05, 0.1) is 0 Å². The molecule has 1 aromatic heterocycles. The van der Waals surface area contributed by atoms with E-state index in [0.717, 1.165) is 22.6 Å². The van der Waals surface area contributed by atoms with Crippen molar-refractivity contribution in [1.82, 2.24) is 9.97 Å². The molecule has 1 aliphatic carbocycles. The molecular formula is C25H27FN2. The molecule has 1 aliphatic rings. The van der Waals surface area contributed by atoms with Crippen LogP contribution in [-0.2, 0) is 0 Å². The third-order valence-electron chi connectivity index (χ3n) is 6.01. The van der Waals surface area contributed by atoms with E-state index in [9.17, 15) is 4.39 Å². The second-order valence-electron chi connectivity index (χ2n) is 7.93. The molecule has 0 spiro atoms. The minimum absolute atomic E-state index is 0.251. The number of rotatable bonds is 5. The molecule has 0 aliphatic heterocycles. The first-order valence-corrected chi connectivity index (χ1v) is 10.4. The molecule has 0 radical (unpaired) electrons. The summed E-state index contributed by atoms with van der Waals surface area (Å²) in [6.07, 6.45) is 11.8. The van der Waals surface area contributed by atoms with Gasteiger partial charge in [0.25, 0.3) is 0 Å². The van der Waals surface area contributed by atoms with Crippen LogP contribution in [0, 0.1) is 11.7 Å². The largest absolute Gasteiger partial charge is 0.236 e. The Balaban J connectivity index is 1.43. The molecule has 2 nitrogen and oxygen atoms in total.